The molecule has 31 heavy (non-hydrogen) atoms. The number of hydrogen-bond acceptors (Lipinski definition) is 8. The number of benzene rings is 1. The topological polar surface area (TPSA) is 104 Å². The van der Waals surface area contributed by atoms with Gasteiger partial charge in [0.15, 0.2) is 11.6 Å². The average Bonchev–Trinajstić information content (AvgIpc) is 2.79. The van der Waals surface area contributed by atoms with E-state index in [1.54, 1.807) is 17.0 Å². The Balaban J connectivity index is 1.47. The summed E-state index contributed by atoms with van der Waals surface area (Å²) in [6.07, 6.45) is 2.85. The molecular formula is C22H26N6O3. The smallest absolute Gasteiger partial charge is 0.410 e. The fourth-order valence-electron chi connectivity index (χ4n) is 3.90. The van der Waals surface area contributed by atoms with Crippen LogP contribution < -0.4 is 15.0 Å². The van der Waals surface area contributed by atoms with Crippen LogP contribution in [0.2, 0.25) is 0 Å². The van der Waals surface area contributed by atoms with Gasteiger partial charge in [0.2, 0.25) is 5.75 Å². The van der Waals surface area contributed by atoms with E-state index >= 15 is 0 Å². The zero-order valence-electron chi connectivity index (χ0n) is 17.7. The number of ether oxygens (including phenoxy) is 2. The normalized spacial score (nSPS) is 16.3. The van der Waals surface area contributed by atoms with Gasteiger partial charge in [0.1, 0.15) is 12.9 Å². The Morgan fingerprint density at radius 3 is 2.65 bits per heavy atom. The van der Waals surface area contributed by atoms with Gasteiger partial charge in [0.05, 0.1) is 24.3 Å². The van der Waals surface area contributed by atoms with Crippen LogP contribution in [0.5, 0.6) is 5.75 Å². The van der Waals surface area contributed by atoms with Crippen molar-refractivity contribution in [3.63, 3.8) is 0 Å². The van der Waals surface area contributed by atoms with E-state index in [-0.39, 0.29) is 18.2 Å². The molecule has 2 aliphatic rings. The molecule has 0 unspecified atom stereocenters. The average molecular weight is 422 g/mol. The van der Waals surface area contributed by atoms with Crippen LogP contribution in [0.3, 0.4) is 0 Å². The standard InChI is InChI=1S/C22H26N6O3/c1-15(2)31-22(29)27-9-7-18(8-10-27)28-11-12-30-19-20(24-14-25-21(19)28)26-17-5-3-16(13-23)4-6-17/h3-6,14-15,18H,7-12H2,1-2H3,(H,24,25,26). The zero-order chi connectivity index (χ0) is 21.8. The Morgan fingerprint density at radius 2 is 1.97 bits per heavy atom. The van der Waals surface area contributed by atoms with Crippen molar-refractivity contribution >= 4 is 23.4 Å². The van der Waals surface area contributed by atoms with E-state index in [0.717, 1.165) is 30.9 Å². The van der Waals surface area contributed by atoms with Crippen LogP contribution in [-0.4, -0.2) is 59.3 Å². The third-order valence-corrected chi connectivity index (χ3v) is 5.41. The van der Waals surface area contributed by atoms with Crippen molar-refractivity contribution in [2.45, 2.75) is 38.8 Å². The van der Waals surface area contributed by atoms with Gasteiger partial charge in [-0.2, -0.15) is 5.26 Å². The lowest BCUT2D eigenvalue weighted by Crippen LogP contribution is -2.49. The number of amides is 1. The molecule has 0 aliphatic carbocycles. The minimum absolute atomic E-state index is 0.116. The monoisotopic (exact) mass is 422 g/mol. The summed E-state index contributed by atoms with van der Waals surface area (Å²) in [6, 6.07) is 9.55. The second-order valence-electron chi connectivity index (χ2n) is 7.88. The molecule has 2 aliphatic heterocycles. The van der Waals surface area contributed by atoms with Crippen LogP contribution in [0, 0.1) is 11.3 Å². The highest BCUT2D eigenvalue weighted by Gasteiger charge is 2.33. The van der Waals surface area contributed by atoms with Crippen LogP contribution in [-0.2, 0) is 4.74 Å². The van der Waals surface area contributed by atoms with Gasteiger partial charge in [-0.25, -0.2) is 14.8 Å². The molecule has 9 nitrogen and oxygen atoms in total. The van der Waals surface area contributed by atoms with Crippen molar-refractivity contribution in [1.82, 2.24) is 14.9 Å². The van der Waals surface area contributed by atoms with E-state index in [0.29, 0.717) is 36.8 Å². The molecule has 0 spiro atoms. The van der Waals surface area contributed by atoms with E-state index in [1.807, 2.05) is 26.0 Å². The van der Waals surface area contributed by atoms with E-state index in [1.165, 1.54) is 6.33 Å². The summed E-state index contributed by atoms with van der Waals surface area (Å²) in [7, 11) is 0. The largest absolute Gasteiger partial charge is 0.485 e. The van der Waals surface area contributed by atoms with Gasteiger partial charge in [0, 0.05) is 24.8 Å². The molecule has 1 aromatic heterocycles. The third-order valence-electron chi connectivity index (χ3n) is 5.41. The van der Waals surface area contributed by atoms with E-state index in [4.69, 9.17) is 14.7 Å². The van der Waals surface area contributed by atoms with Crippen molar-refractivity contribution < 1.29 is 14.3 Å². The Morgan fingerprint density at radius 1 is 1.23 bits per heavy atom. The van der Waals surface area contributed by atoms with Gasteiger partial charge >= 0.3 is 6.09 Å². The van der Waals surface area contributed by atoms with Crippen molar-refractivity contribution in [1.29, 1.82) is 5.26 Å². The Kier molecular flexibility index (Phi) is 6.07. The number of fused-ring (bicyclic) bond motifs is 1. The molecule has 1 aromatic carbocycles. The molecule has 1 saturated heterocycles. The number of anilines is 3. The molecule has 1 fully saturated rings. The molecule has 2 aromatic rings. The van der Waals surface area contributed by atoms with Crippen molar-refractivity contribution in [2.75, 3.05) is 36.5 Å². The summed E-state index contributed by atoms with van der Waals surface area (Å²) >= 11 is 0. The van der Waals surface area contributed by atoms with Crippen molar-refractivity contribution in [3.8, 4) is 11.8 Å². The first-order valence-electron chi connectivity index (χ1n) is 10.5. The summed E-state index contributed by atoms with van der Waals surface area (Å²) in [5, 5.41) is 12.2. The second-order valence-corrected chi connectivity index (χ2v) is 7.88. The number of nitrogens with zero attached hydrogens (tertiary/aromatic N) is 5. The Labute approximate surface area is 181 Å². The summed E-state index contributed by atoms with van der Waals surface area (Å²) in [5.41, 5.74) is 1.42. The molecule has 162 valence electrons. The molecule has 3 heterocycles. The fourth-order valence-corrected chi connectivity index (χ4v) is 3.90. The molecule has 0 atom stereocenters. The summed E-state index contributed by atoms with van der Waals surface area (Å²) in [6.45, 7) is 6.31. The van der Waals surface area contributed by atoms with Crippen LogP contribution in [0.25, 0.3) is 0 Å². The van der Waals surface area contributed by atoms with E-state index in [2.05, 4.69) is 26.3 Å². The maximum Gasteiger partial charge on any atom is 0.410 e. The SMILES string of the molecule is CC(C)OC(=O)N1CCC(N2CCOc3c(Nc4ccc(C#N)cc4)ncnc32)CC1. The summed E-state index contributed by atoms with van der Waals surface area (Å²) < 4.78 is 11.3. The number of carbonyl (C=O) groups is 1. The number of hydrogen-bond donors (Lipinski definition) is 1. The lowest BCUT2D eigenvalue weighted by atomic mass is 10.0. The summed E-state index contributed by atoms with van der Waals surface area (Å²) in [5.74, 6) is 1.98. The number of rotatable bonds is 4. The molecule has 9 heteroatoms. The van der Waals surface area contributed by atoms with Gasteiger partial charge in [0.25, 0.3) is 0 Å². The molecule has 1 amide bonds. The predicted octanol–water partition coefficient (Wildman–Crippen LogP) is 3.30. The molecule has 1 N–H and O–H groups in total. The first-order valence-corrected chi connectivity index (χ1v) is 10.5. The van der Waals surface area contributed by atoms with Crippen LogP contribution in [0.4, 0.5) is 22.1 Å². The van der Waals surface area contributed by atoms with E-state index in [9.17, 15) is 4.79 Å². The lowest BCUT2D eigenvalue weighted by molar-refractivity contribution is 0.0687. The van der Waals surface area contributed by atoms with Gasteiger partial charge in [-0.1, -0.05) is 0 Å². The first kappa shape index (κ1) is 20.7. The molecule has 0 saturated carbocycles. The minimum Gasteiger partial charge on any atom is -0.485 e. The van der Waals surface area contributed by atoms with Gasteiger partial charge in [-0.3, -0.25) is 0 Å². The first-order chi connectivity index (χ1) is 15.0. The third kappa shape index (κ3) is 4.63. The van der Waals surface area contributed by atoms with Crippen molar-refractivity contribution in [2.24, 2.45) is 0 Å². The number of carbonyl (C=O) groups excluding carboxylic acids is 1. The summed E-state index contributed by atoms with van der Waals surface area (Å²) in [4.78, 5) is 25.1. The molecular weight excluding hydrogens is 396 g/mol. The van der Waals surface area contributed by atoms with E-state index < -0.39 is 0 Å². The minimum atomic E-state index is -0.243. The molecule has 0 bridgehead atoms. The number of nitrogens with one attached hydrogen (secondary N) is 1. The Hall–Kier alpha value is -3.54. The fraction of sp³-hybridized carbons (Fsp3) is 0.455. The highest BCUT2D eigenvalue weighted by Crippen LogP contribution is 2.38. The zero-order valence-corrected chi connectivity index (χ0v) is 17.7. The van der Waals surface area contributed by atoms with Crippen molar-refractivity contribution in [3.05, 3.63) is 36.2 Å². The number of nitriles is 1. The quantitative estimate of drug-likeness (QED) is 0.800. The highest BCUT2D eigenvalue weighted by molar-refractivity contribution is 5.71. The van der Waals surface area contributed by atoms with Gasteiger partial charge in [-0.15, -0.1) is 0 Å². The maximum absolute atomic E-state index is 12.2. The van der Waals surface area contributed by atoms with Gasteiger partial charge < -0.3 is 24.6 Å². The van der Waals surface area contributed by atoms with Crippen LogP contribution >= 0.6 is 0 Å². The second kappa shape index (κ2) is 9.08. The lowest BCUT2D eigenvalue weighted by Gasteiger charge is -2.41. The highest BCUT2D eigenvalue weighted by atomic mass is 16.6. The number of aromatic nitrogens is 2. The molecule has 4 rings (SSSR count). The van der Waals surface area contributed by atoms with Crippen LogP contribution in [0.1, 0.15) is 32.3 Å². The van der Waals surface area contributed by atoms with Crippen LogP contribution in [0.15, 0.2) is 30.6 Å². The maximum atomic E-state index is 12.2. The number of likely N-dealkylation sites (tertiary alicyclic amines) is 1. The van der Waals surface area contributed by atoms with Gasteiger partial charge in [-0.05, 0) is 51.0 Å². The Bertz CT molecular complexity index is 964. The molecule has 0 radical (unpaired) electrons. The number of piperidine rings is 1. The predicted molar refractivity (Wildman–Crippen MR) is 116 cm³/mol.